The molecule has 0 bridgehead atoms. The summed E-state index contributed by atoms with van der Waals surface area (Å²) in [5.41, 5.74) is -0.935. The van der Waals surface area contributed by atoms with Crippen LogP contribution in [0, 0.1) is 10.1 Å². The fraction of sp³-hybridized carbons (Fsp3) is 0. The Hall–Kier alpha value is -4.14. The maximum absolute atomic E-state index is 12.7. The normalized spacial score (nSPS) is 15.4. The van der Waals surface area contributed by atoms with Crippen molar-refractivity contribution in [1.82, 2.24) is 0 Å². The van der Waals surface area contributed by atoms with Crippen molar-refractivity contribution in [2.24, 2.45) is 0 Å². The zero-order valence-corrected chi connectivity index (χ0v) is 13.5. The Balaban J connectivity index is 1.89. The summed E-state index contributed by atoms with van der Waals surface area (Å²) in [5.74, 6) is -3.76. The number of non-ortho nitro benzene ring substituents is 1. The average molecular weight is 363 g/mol. The minimum Gasteiger partial charge on any atom is -0.319 e. The number of rotatable bonds is 3. The summed E-state index contributed by atoms with van der Waals surface area (Å²) in [6, 6.07) is 11.3. The van der Waals surface area contributed by atoms with Gasteiger partial charge in [0, 0.05) is 17.7 Å². The first-order chi connectivity index (χ1) is 12.9. The number of fused-ring (bicyclic) bond motifs is 3. The van der Waals surface area contributed by atoms with E-state index >= 15 is 0 Å². The molecule has 2 aliphatic rings. The number of nitro groups is 1. The zero-order valence-electron chi connectivity index (χ0n) is 13.5. The number of ketones is 2. The van der Waals surface area contributed by atoms with Gasteiger partial charge in [-0.15, -0.1) is 0 Å². The molecule has 132 valence electrons. The van der Waals surface area contributed by atoms with E-state index in [0.717, 1.165) is 17.0 Å². The number of Topliss-reactive ketones (excluding diaryl/α,β-unsaturated/α-hetero) is 2. The molecule has 0 spiro atoms. The Labute approximate surface area is 151 Å². The largest absolute Gasteiger partial charge is 0.319 e. The molecule has 0 atom stereocenters. The lowest BCUT2D eigenvalue weighted by Gasteiger charge is -2.27. The van der Waals surface area contributed by atoms with Crippen LogP contribution in [0.3, 0.4) is 0 Å². The molecule has 4 rings (SSSR count). The molecule has 0 radical (unpaired) electrons. The van der Waals surface area contributed by atoms with Crippen LogP contribution in [0.2, 0.25) is 0 Å². The molecule has 0 saturated carbocycles. The van der Waals surface area contributed by atoms with E-state index in [2.05, 4.69) is 5.32 Å². The molecule has 0 saturated heterocycles. The Kier molecular flexibility index (Phi) is 3.45. The predicted molar refractivity (Wildman–Crippen MR) is 92.0 cm³/mol. The van der Waals surface area contributed by atoms with Crippen LogP contribution in [0.25, 0.3) is 0 Å². The van der Waals surface area contributed by atoms with Crippen molar-refractivity contribution in [2.45, 2.75) is 0 Å². The molecule has 27 heavy (non-hydrogen) atoms. The van der Waals surface area contributed by atoms with Gasteiger partial charge >= 0.3 is 5.91 Å². The van der Waals surface area contributed by atoms with E-state index in [9.17, 15) is 29.3 Å². The molecule has 9 heteroatoms. The van der Waals surface area contributed by atoms with Gasteiger partial charge in [-0.1, -0.05) is 30.3 Å². The van der Waals surface area contributed by atoms with Crippen molar-refractivity contribution in [3.05, 3.63) is 75.5 Å². The molecule has 1 N–H and O–H groups in total. The van der Waals surface area contributed by atoms with Crippen molar-refractivity contribution in [3.8, 4) is 0 Å². The van der Waals surface area contributed by atoms with E-state index in [4.69, 9.17) is 0 Å². The van der Waals surface area contributed by atoms with Gasteiger partial charge in [0.15, 0.2) is 5.78 Å². The van der Waals surface area contributed by atoms with Gasteiger partial charge in [0.25, 0.3) is 17.4 Å². The molecule has 2 amide bonds. The standard InChI is InChI=1S/C18H9N3O6/c22-15(9-4-2-1-3-5-9)13-14-17(24)19-11-8-10(21(26)27)6-7-12(11)20(14)18(25)16(13)23/h1-8H,(H,19,24). The maximum atomic E-state index is 12.7. The number of anilines is 2. The van der Waals surface area contributed by atoms with Crippen LogP contribution in [-0.2, 0) is 14.4 Å². The summed E-state index contributed by atoms with van der Waals surface area (Å²) in [7, 11) is 0. The molecule has 2 aliphatic heterocycles. The number of carbonyl (C=O) groups excluding carboxylic acids is 4. The maximum Gasteiger partial charge on any atom is 0.304 e. The van der Waals surface area contributed by atoms with Gasteiger partial charge in [0.1, 0.15) is 11.3 Å². The van der Waals surface area contributed by atoms with Gasteiger partial charge in [-0.2, -0.15) is 0 Å². The summed E-state index contributed by atoms with van der Waals surface area (Å²) in [4.78, 5) is 61.3. The van der Waals surface area contributed by atoms with Crippen molar-refractivity contribution in [2.75, 3.05) is 10.2 Å². The molecule has 2 heterocycles. The second-order valence-electron chi connectivity index (χ2n) is 5.80. The van der Waals surface area contributed by atoms with E-state index in [-0.39, 0.29) is 28.3 Å². The number of nitro benzene ring substituents is 1. The Morgan fingerprint density at radius 3 is 2.41 bits per heavy atom. The molecule has 0 aromatic heterocycles. The lowest BCUT2D eigenvalue weighted by molar-refractivity contribution is -0.384. The summed E-state index contributed by atoms with van der Waals surface area (Å²) in [6.07, 6.45) is 0. The summed E-state index contributed by atoms with van der Waals surface area (Å²) in [6.45, 7) is 0. The van der Waals surface area contributed by atoms with Crippen LogP contribution in [0.4, 0.5) is 17.1 Å². The Bertz CT molecular complexity index is 1100. The summed E-state index contributed by atoms with van der Waals surface area (Å²) in [5, 5.41) is 13.3. The van der Waals surface area contributed by atoms with Crippen LogP contribution in [0.15, 0.2) is 59.8 Å². The molecule has 0 aliphatic carbocycles. The van der Waals surface area contributed by atoms with Crippen LogP contribution < -0.4 is 10.2 Å². The molecule has 2 aromatic carbocycles. The zero-order chi connectivity index (χ0) is 19.3. The van der Waals surface area contributed by atoms with Crippen molar-refractivity contribution < 1.29 is 24.1 Å². The SMILES string of the molecule is O=C1Nc2cc([N+](=O)[O-])ccc2N2C(=O)C(=O)C(C(=O)c3ccccc3)=C12. The fourth-order valence-corrected chi connectivity index (χ4v) is 3.03. The number of amides is 2. The van der Waals surface area contributed by atoms with E-state index in [1.807, 2.05) is 0 Å². The number of hydrogen-bond acceptors (Lipinski definition) is 6. The average Bonchev–Trinajstić information content (AvgIpc) is 2.93. The van der Waals surface area contributed by atoms with E-state index in [1.54, 1.807) is 18.2 Å². The second-order valence-corrected chi connectivity index (χ2v) is 5.80. The monoisotopic (exact) mass is 363 g/mol. The van der Waals surface area contributed by atoms with Gasteiger partial charge < -0.3 is 5.32 Å². The minimum atomic E-state index is -1.10. The number of nitrogens with zero attached hydrogens (tertiary/aromatic N) is 2. The highest BCUT2D eigenvalue weighted by atomic mass is 16.6. The van der Waals surface area contributed by atoms with Crippen LogP contribution in [0.5, 0.6) is 0 Å². The van der Waals surface area contributed by atoms with Gasteiger partial charge in [-0.05, 0) is 6.07 Å². The first-order valence-electron chi connectivity index (χ1n) is 7.72. The smallest absolute Gasteiger partial charge is 0.304 e. The molecule has 0 fully saturated rings. The minimum absolute atomic E-state index is 0.00695. The second kappa shape index (κ2) is 5.70. The topological polar surface area (TPSA) is 127 Å². The van der Waals surface area contributed by atoms with Gasteiger partial charge in [-0.25, -0.2) is 0 Å². The molecular weight excluding hydrogens is 354 g/mol. The van der Waals surface area contributed by atoms with Gasteiger partial charge in [0.05, 0.1) is 16.3 Å². The lowest BCUT2D eigenvalue weighted by atomic mass is 9.99. The van der Waals surface area contributed by atoms with Crippen molar-refractivity contribution >= 4 is 40.4 Å². The fourth-order valence-electron chi connectivity index (χ4n) is 3.03. The van der Waals surface area contributed by atoms with Crippen LogP contribution in [-0.4, -0.2) is 28.3 Å². The quantitative estimate of drug-likeness (QED) is 0.290. The Morgan fingerprint density at radius 2 is 1.74 bits per heavy atom. The molecule has 9 nitrogen and oxygen atoms in total. The van der Waals surface area contributed by atoms with E-state index < -0.39 is 33.9 Å². The van der Waals surface area contributed by atoms with E-state index in [0.29, 0.717) is 0 Å². The van der Waals surface area contributed by atoms with Gasteiger partial charge in [-0.3, -0.25) is 34.2 Å². The van der Waals surface area contributed by atoms with Crippen molar-refractivity contribution in [3.63, 3.8) is 0 Å². The van der Waals surface area contributed by atoms with Gasteiger partial charge in [0.2, 0.25) is 0 Å². The van der Waals surface area contributed by atoms with Crippen molar-refractivity contribution in [1.29, 1.82) is 0 Å². The number of carbonyl (C=O) groups is 4. The highest BCUT2D eigenvalue weighted by Gasteiger charge is 2.48. The van der Waals surface area contributed by atoms with E-state index in [1.165, 1.54) is 18.2 Å². The number of nitrogens with one attached hydrogen (secondary N) is 1. The molecule has 0 unspecified atom stereocenters. The highest BCUT2D eigenvalue weighted by Crippen LogP contribution is 2.40. The lowest BCUT2D eigenvalue weighted by Crippen LogP contribution is -2.37. The third kappa shape index (κ3) is 2.33. The third-order valence-corrected chi connectivity index (χ3v) is 4.24. The molecule has 2 aromatic rings. The third-order valence-electron chi connectivity index (χ3n) is 4.24. The summed E-state index contributed by atoms with van der Waals surface area (Å²) >= 11 is 0. The number of hydrogen-bond donors (Lipinski definition) is 1. The first kappa shape index (κ1) is 16.3. The van der Waals surface area contributed by atoms with Crippen LogP contribution in [0.1, 0.15) is 10.4 Å². The highest BCUT2D eigenvalue weighted by molar-refractivity contribution is 6.60. The first-order valence-corrected chi connectivity index (χ1v) is 7.72. The molecular formula is C18H9N3O6. The summed E-state index contributed by atoms with van der Waals surface area (Å²) < 4.78 is 0. The van der Waals surface area contributed by atoms with Crippen LogP contribution >= 0.6 is 0 Å². The number of benzene rings is 2. The predicted octanol–water partition coefficient (Wildman–Crippen LogP) is 1.60. The Morgan fingerprint density at radius 1 is 1.04 bits per heavy atom.